The fourth-order valence-corrected chi connectivity index (χ4v) is 6.23. The maximum atomic E-state index is 11.4. The van der Waals surface area contributed by atoms with Gasteiger partial charge in [-0.1, -0.05) is 24.4 Å². The molecule has 4 atom stereocenters. The van der Waals surface area contributed by atoms with Gasteiger partial charge in [-0.25, -0.2) is 4.79 Å². The Morgan fingerprint density at radius 2 is 2.26 bits per heavy atom. The van der Waals surface area contributed by atoms with Crippen molar-refractivity contribution in [3.8, 4) is 0 Å². The van der Waals surface area contributed by atoms with E-state index in [4.69, 9.17) is 16.3 Å². The zero-order valence-electron chi connectivity index (χ0n) is 13.3. The van der Waals surface area contributed by atoms with Gasteiger partial charge in [-0.05, 0) is 37.8 Å². The van der Waals surface area contributed by atoms with Gasteiger partial charge < -0.3 is 14.7 Å². The molecule has 1 spiro atoms. The predicted molar refractivity (Wildman–Crippen MR) is 90.5 cm³/mol. The van der Waals surface area contributed by atoms with Crippen LogP contribution in [-0.4, -0.2) is 34.8 Å². The van der Waals surface area contributed by atoms with E-state index in [0.717, 1.165) is 23.6 Å². The molecule has 3 heterocycles. The molecule has 1 aromatic heterocycles. The monoisotopic (exact) mass is 355 g/mol. The first kappa shape index (κ1) is 15.7. The summed E-state index contributed by atoms with van der Waals surface area (Å²) in [7, 11) is 0. The summed E-state index contributed by atoms with van der Waals surface area (Å²) in [4.78, 5) is 14.2. The Bertz CT molecular complexity index is 633. The standard InChI is InChI=1S/C17H22ClNO3S/c1-10-9-17(6-7-19(10)16(20)21)15-12(8-14(18)23-15)11-4-2-3-5-13(11)22-17/h8,10-11,13H,2-7,9H2,1H3,(H,20,21)/t10-,11?,13?,17?/m1/s1. The molecule has 1 N–H and O–H groups in total. The fraction of sp³-hybridized carbons (Fsp3) is 0.706. The molecule has 2 fully saturated rings. The average Bonchev–Trinajstić information content (AvgIpc) is 2.90. The van der Waals surface area contributed by atoms with Crippen molar-refractivity contribution >= 4 is 29.0 Å². The molecule has 23 heavy (non-hydrogen) atoms. The van der Waals surface area contributed by atoms with E-state index in [-0.39, 0.29) is 17.7 Å². The summed E-state index contributed by atoms with van der Waals surface area (Å²) in [5.74, 6) is 0.473. The smallest absolute Gasteiger partial charge is 0.407 e. The van der Waals surface area contributed by atoms with Crippen molar-refractivity contribution < 1.29 is 14.6 Å². The van der Waals surface area contributed by atoms with Crippen molar-refractivity contribution in [2.45, 2.75) is 69.1 Å². The van der Waals surface area contributed by atoms with Gasteiger partial charge in [-0.3, -0.25) is 0 Å². The van der Waals surface area contributed by atoms with Gasteiger partial charge in [0.2, 0.25) is 0 Å². The van der Waals surface area contributed by atoms with Gasteiger partial charge in [-0.15, -0.1) is 11.3 Å². The number of rotatable bonds is 0. The van der Waals surface area contributed by atoms with Crippen molar-refractivity contribution in [3.05, 3.63) is 20.8 Å². The quantitative estimate of drug-likeness (QED) is 0.726. The molecule has 2 aliphatic heterocycles. The lowest BCUT2D eigenvalue weighted by Gasteiger charge is -2.51. The second-order valence-electron chi connectivity index (χ2n) is 7.16. The molecule has 1 amide bonds. The highest BCUT2D eigenvalue weighted by Crippen LogP contribution is 2.55. The summed E-state index contributed by atoms with van der Waals surface area (Å²) in [5, 5.41) is 9.35. The molecule has 1 aliphatic carbocycles. The van der Waals surface area contributed by atoms with Crippen LogP contribution in [0, 0.1) is 0 Å². The van der Waals surface area contributed by atoms with E-state index in [2.05, 4.69) is 6.07 Å². The van der Waals surface area contributed by atoms with E-state index < -0.39 is 6.09 Å². The molecule has 0 bridgehead atoms. The van der Waals surface area contributed by atoms with Crippen LogP contribution >= 0.6 is 22.9 Å². The normalized spacial score (nSPS) is 36.6. The number of hydrogen-bond donors (Lipinski definition) is 1. The van der Waals surface area contributed by atoms with E-state index in [1.54, 1.807) is 11.3 Å². The van der Waals surface area contributed by atoms with Gasteiger partial charge in [0, 0.05) is 29.8 Å². The van der Waals surface area contributed by atoms with Crippen LogP contribution in [0.25, 0.3) is 0 Å². The minimum atomic E-state index is -0.830. The maximum absolute atomic E-state index is 11.4. The summed E-state index contributed by atoms with van der Waals surface area (Å²) < 4.78 is 7.52. The molecule has 1 aromatic rings. The van der Waals surface area contributed by atoms with E-state index in [9.17, 15) is 9.90 Å². The first-order valence-corrected chi connectivity index (χ1v) is 9.67. The van der Waals surface area contributed by atoms with Gasteiger partial charge in [-0.2, -0.15) is 0 Å². The maximum Gasteiger partial charge on any atom is 0.407 e. The summed E-state index contributed by atoms with van der Waals surface area (Å²) in [6.45, 7) is 2.52. The topological polar surface area (TPSA) is 49.8 Å². The minimum Gasteiger partial charge on any atom is -0.465 e. The Morgan fingerprint density at radius 3 is 3.00 bits per heavy atom. The van der Waals surface area contributed by atoms with Gasteiger partial charge >= 0.3 is 6.09 Å². The highest BCUT2D eigenvalue weighted by Gasteiger charge is 2.51. The lowest BCUT2D eigenvalue weighted by atomic mass is 9.73. The van der Waals surface area contributed by atoms with Gasteiger partial charge in [0.25, 0.3) is 0 Å². The summed E-state index contributed by atoms with van der Waals surface area (Å²) in [5.41, 5.74) is 1.05. The van der Waals surface area contributed by atoms with Gasteiger partial charge in [0.15, 0.2) is 0 Å². The van der Waals surface area contributed by atoms with Crippen molar-refractivity contribution in [2.24, 2.45) is 0 Å². The van der Waals surface area contributed by atoms with Crippen LogP contribution in [0.1, 0.15) is 61.8 Å². The molecule has 126 valence electrons. The van der Waals surface area contributed by atoms with Crippen LogP contribution in [0.4, 0.5) is 4.79 Å². The Hall–Kier alpha value is -0.780. The lowest BCUT2D eigenvalue weighted by molar-refractivity contribution is -0.160. The molecular weight excluding hydrogens is 334 g/mol. The molecule has 6 heteroatoms. The molecule has 1 saturated carbocycles. The second kappa shape index (κ2) is 5.64. The number of halogens is 1. The van der Waals surface area contributed by atoms with Crippen molar-refractivity contribution in [1.29, 1.82) is 0 Å². The third-order valence-electron chi connectivity index (χ3n) is 5.78. The Morgan fingerprint density at radius 1 is 1.48 bits per heavy atom. The summed E-state index contributed by atoms with van der Waals surface area (Å²) in [6.07, 6.45) is 5.67. The minimum absolute atomic E-state index is 0.0323. The average molecular weight is 356 g/mol. The van der Waals surface area contributed by atoms with E-state index >= 15 is 0 Å². The van der Waals surface area contributed by atoms with E-state index in [1.165, 1.54) is 34.6 Å². The van der Waals surface area contributed by atoms with Crippen LogP contribution in [0.15, 0.2) is 6.07 Å². The van der Waals surface area contributed by atoms with E-state index in [0.29, 0.717) is 12.5 Å². The van der Waals surface area contributed by atoms with Gasteiger partial charge in [0.1, 0.15) is 5.60 Å². The summed E-state index contributed by atoms with van der Waals surface area (Å²) >= 11 is 8.00. The Labute approximate surface area is 145 Å². The van der Waals surface area contributed by atoms with Gasteiger partial charge in [0.05, 0.1) is 10.4 Å². The van der Waals surface area contributed by atoms with Crippen LogP contribution in [0.2, 0.25) is 4.34 Å². The molecule has 3 unspecified atom stereocenters. The number of piperidine rings is 1. The first-order valence-electron chi connectivity index (χ1n) is 8.47. The zero-order chi connectivity index (χ0) is 16.2. The highest BCUT2D eigenvalue weighted by atomic mass is 35.5. The van der Waals surface area contributed by atoms with Crippen molar-refractivity contribution in [3.63, 3.8) is 0 Å². The molecule has 3 aliphatic rings. The Balaban J connectivity index is 1.72. The van der Waals surface area contributed by atoms with Crippen LogP contribution in [-0.2, 0) is 10.3 Å². The fourth-order valence-electron chi connectivity index (χ4n) is 4.75. The molecule has 1 saturated heterocycles. The molecule has 4 nitrogen and oxygen atoms in total. The van der Waals surface area contributed by atoms with Crippen LogP contribution in [0.3, 0.4) is 0 Å². The first-order chi connectivity index (χ1) is 11.0. The number of carbonyl (C=O) groups is 1. The number of hydrogen-bond acceptors (Lipinski definition) is 3. The molecule has 0 radical (unpaired) electrons. The second-order valence-corrected chi connectivity index (χ2v) is 8.84. The summed E-state index contributed by atoms with van der Waals surface area (Å²) in [6, 6.07) is 2.11. The zero-order valence-corrected chi connectivity index (χ0v) is 14.8. The van der Waals surface area contributed by atoms with Crippen molar-refractivity contribution in [1.82, 2.24) is 4.90 Å². The number of ether oxygens (including phenoxy) is 1. The highest BCUT2D eigenvalue weighted by molar-refractivity contribution is 7.16. The van der Waals surface area contributed by atoms with Crippen LogP contribution < -0.4 is 0 Å². The SMILES string of the molecule is C[C@@H]1CC2(CCN1C(=O)O)OC1CCCCC1c1cc(Cl)sc12. The van der Waals surface area contributed by atoms with Crippen LogP contribution in [0.5, 0.6) is 0 Å². The van der Waals surface area contributed by atoms with Crippen molar-refractivity contribution in [2.75, 3.05) is 6.54 Å². The largest absolute Gasteiger partial charge is 0.465 e. The Kier molecular flexibility index (Phi) is 3.86. The predicted octanol–water partition coefficient (Wildman–Crippen LogP) is 4.82. The molecule has 0 aromatic carbocycles. The number of nitrogens with zero attached hydrogens (tertiary/aromatic N) is 1. The molecule has 4 rings (SSSR count). The number of thiophene rings is 1. The number of likely N-dealkylation sites (tertiary alicyclic amines) is 1. The number of carboxylic acid groups (broad SMARTS) is 1. The third kappa shape index (κ3) is 2.48. The third-order valence-corrected chi connectivity index (χ3v) is 7.25. The number of fused-ring (bicyclic) bond motifs is 4. The molecular formula is C17H22ClNO3S. The lowest BCUT2D eigenvalue weighted by Crippen LogP contribution is -2.54. The van der Waals surface area contributed by atoms with E-state index in [1.807, 2.05) is 6.92 Å². The number of amides is 1.